The summed E-state index contributed by atoms with van der Waals surface area (Å²) in [4.78, 5) is 16.6. The first kappa shape index (κ1) is 19.1. The average Bonchev–Trinajstić information content (AvgIpc) is 3.54. The normalized spacial score (nSPS) is 18.7. The van der Waals surface area contributed by atoms with Gasteiger partial charge in [0.05, 0.1) is 6.04 Å². The van der Waals surface area contributed by atoms with Crippen molar-refractivity contribution in [2.75, 3.05) is 0 Å². The van der Waals surface area contributed by atoms with Gasteiger partial charge in [0, 0.05) is 23.9 Å². The molecule has 2 aromatic carbocycles. The van der Waals surface area contributed by atoms with E-state index in [-0.39, 0.29) is 29.6 Å². The number of hydrogen-bond donors (Lipinski definition) is 1. The number of nitrogens with zero attached hydrogens (tertiary/aromatic N) is 1. The number of carbonyl (C=O) groups is 1. The van der Waals surface area contributed by atoms with Gasteiger partial charge in [-0.05, 0) is 54.7 Å². The van der Waals surface area contributed by atoms with Crippen LogP contribution in [-0.4, -0.2) is 10.9 Å². The largest absolute Gasteiger partial charge is 0.489 e. The van der Waals surface area contributed by atoms with Gasteiger partial charge in [-0.1, -0.05) is 36.4 Å². The van der Waals surface area contributed by atoms with Crippen LogP contribution in [0.1, 0.15) is 42.0 Å². The molecule has 3 aromatic rings. The Balaban J connectivity index is 1.30. The Morgan fingerprint density at radius 2 is 1.97 bits per heavy atom. The minimum Gasteiger partial charge on any atom is -0.489 e. The first-order chi connectivity index (χ1) is 14.1. The molecule has 1 aromatic heterocycles. The molecule has 29 heavy (non-hydrogen) atoms. The summed E-state index contributed by atoms with van der Waals surface area (Å²) in [7, 11) is 0. The number of ether oxygens (including phenoxy) is 1. The van der Waals surface area contributed by atoms with E-state index in [1.807, 2.05) is 49.4 Å². The lowest BCUT2D eigenvalue weighted by molar-refractivity contribution is -0.123. The molecule has 1 fully saturated rings. The van der Waals surface area contributed by atoms with Crippen LogP contribution in [0.2, 0.25) is 0 Å². The van der Waals surface area contributed by atoms with Crippen LogP contribution in [0.3, 0.4) is 0 Å². The molecule has 1 aliphatic carbocycles. The van der Waals surface area contributed by atoms with E-state index >= 15 is 0 Å². The molecule has 1 N–H and O–H groups in total. The summed E-state index contributed by atoms with van der Waals surface area (Å²) in [6.45, 7) is 2.41. The van der Waals surface area contributed by atoms with Gasteiger partial charge in [-0.2, -0.15) is 0 Å². The minimum atomic E-state index is -0.234. The fourth-order valence-corrected chi connectivity index (χ4v) is 3.51. The second kappa shape index (κ2) is 8.43. The van der Waals surface area contributed by atoms with E-state index in [9.17, 15) is 9.18 Å². The van der Waals surface area contributed by atoms with Gasteiger partial charge >= 0.3 is 0 Å². The van der Waals surface area contributed by atoms with Crippen LogP contribution >= 0.6 is 0 Å². The number of hydrogen-bond acceptors (Lipinski definition) is 3. The fraction of sp³-hybridized carbons (Fsp3) is 0.250. The Morgan fingerprint density at radius 1 is 1.17 bits per heavy atom. The Hall–Kier alpha value is -3.21. The van der Waals surface area contributed by atoms with Crippen LogP contribution in [0, 0.1) is 11.7 Å². The van der Waals surface area contributed by atoms with E-state index < -0.39 is 0 Å². The highest BCUT2D eigenvalue weighted by Gasteiger charge is 2.45. The third-order valence-electron chi connectivity index (χ3n) is 5.30. The summed E-state index contributed by atoms with van der Waals surface area (Å²) >= 11 is 0. The molecule has 4 rings (SSSR count). The molecule has 4 nitrogen and oxygen atoms in total. The number of rotatable bonds is 7. The Kier molecular flexibility index (Phi) is 5.56. The van der Waals surface area contributed by atoms with Crippen LogP contribution in [0.4, 0.5) is 4.39 Å². The zero-order valence-electron chi connectivity index (χ0n) is 16.2. The number of halogens is 1. The van der Waals surface area contributed by atoms with Gasteiger partial charge < -0.3 is 10.1 Å². The van der Waals surface area contributed by atoms with E-state index in [0.717, 1.165) is 16.9 Å². The molecule has 3 atom stereocenters. The molecule has 0 bridgehead atoms. The first-order valence-electron chi connectivity index (χ1n) is 9.78. The van der Waals surface area contributed by atoms with Crippen molar-refractivity contribution >= 4 is 5.91 Å². The molecular weight excluding hydrogens is 367 g/mol. The fourth-order valence-electron chi connectivity index (χ4n) is 3.51. The van der Waals surface area contributed by atoms with Crippen LogP contribution < -0.4 is 10.1 Å². The highest BCUT2D eigenvalue weighted by atomic mass is 19.1. The predicted molar refractivity (Wildman–Crippen MR) is 109 cm³/mol. The van der Waals surface area contributed by atoms with Crippen molar-refractivity contribution in [3.8, 4) is 5.75 Å². The lowest BCUT2D eigenvalue weighted by atomic mass is 10.1. The van der Waals surface area contributed by atoms with Gasteiger partial charge in [-0.25, -0.2) is 4.39 Å². The summed E-state index contributed by atoms with van der Waals surface area (Å²) in [5.41, 5.74) is 2.64. The van der Waals surface area contributed by atoms with E-state index in [1.165, 1.54) is 6.07 Å². The molecule has 0 saturated heterocycles. The summed E-state index contributed by atoms with van der Waals surface area (Å²) in [5, 5.41) is 3.04. The number of amides is 1. The molecule has 0 aliphatic heterocycles. The molecule has 1 saturated carbocycles. The van der Waals surface area contributed by atoms with Gasteiger partial charge in [0.25, 0.3) is 0 Å². The zero-order valence-corrected chi connectivity index (χ0v) is 16.2. The van der Waals surface area contributed by atoms with Crippen LogP contribution in [0.15, 0.2) is 73.1 Å². The quantitative estimate of drug-likeness (QED) is 0.632. The van der Waals surface area contributed by atoms with Crippen molar-refractivity contribution in [1.29, 1.82) is 0 Å². The van der Waals surface area contributed by atoms with Crippen LogP contribution in [-0.2, 0) is 11.4 Å². The molecule has 0 spiro atoms. The van der Waals surface area contributed by atoms with E-state index in [2.05, 4.69) is 10.3 Å². The summed E-state index contributed by atoms with van der Waals surface area (Å²) in [6.07, 6.45) is 4.20. The SMILES string of the molecule is CC(NC(=O)C1CC1c1ccccc1F)c1ccc(OCc2cccnc2)cc1. The van der Waals surface area contributed by atoms with Gasteiger partial charge in [-0.3, -0.25) is 9.78 Å². The van der Waals surface area contributed by atoms with Crippen LogP contribution in [0.25, 0.3) is 0 Å². The maximum atomic E-state index is 13.9. The Morgan fingerprint density at radius 3 is 2.69 bits per heavy atom. The number of benzene rings is 2. The van der Waals surface area contributed by atoms with E-state index in [1.54, 1.807) is 24.5 Å². The highest BCUT2D eigenvalue weighted by molar-refractivity contribution is 5.83. The molecule has 1 aliphatic rings. The van der Waals surface area contributed by atoms with E-state index in [4.69, 9.17) is 4.74 Å². The minimum absolute atomic E-state index is 0.0216. The molecular formula is C24H23FN2O2. The Bertz CT molecular complexity index is 976. The van der Waals surface area contributed by atoms with Crippen molar-refractivity contribution in [3.63, 3.8) is 0 Å². The third kappa shape index (κ3) is 4.62. The maximum Gasteiger partial charge on any atom is 0.224 e. The highest BCUT2D eigenvalue weighted by Crippen LogP contribution is 2.48. The maximum absolute atomic E-state index is 13.9. The average molecular weight is 390 g/mol. The monoisotopic (exact) mass is 390 g/mol. The molecule has 1 amide bonds. The number of nitrogens with one attached hydrogen (secondary N) is 1. The zero-order chi connectivity index (χ0) is 20.2. The molecule has 0 radical (unpaired) electrons. The topological polar surface area (TPSA) is 51.2 Å². The van der Waals surface area contributed by atoms with Gasteiger partial charge in [-0.15, -0.1) is 0 Å². The number of aromatic nitrogens is 1. The standard InChI is InChI=1S/C24H23FN2O2/c1-16(27-24(28)22-13-21(22)20-6-2-3-7-23(20)25)18-8-10-19(11-9-18)29-15-17-5-4-12-26-14-17/h2-12,14,16,21-22H,13,15H2,1H3,(H,27,28). The number of pyridine rings is 1. The van der Waals surface area contributed by atoms with Crippen molar-refractivity contribution in [2.45, 2.75) is 31.9 Å². The van der Waals surface area contributed by atoms with Crippen molar-refractivity contribution in [2.24, 2.45) is 5.92 Å². The van der Waals surface area contributed by atoms with Crippen LogP contribution in [0.5, 0.6) is 5.75 Å². The number of carbonyl (C=O) groups excluding carboxylic acids is 1. The molecule has 3 unspecified atom stereocenters. The smallest absolute Gasteiger partial charge is 0.224 e. The molecule has 148 valence electrons. The summed E-state index contributed by atoms with van der Waals surface area (Å²) < 4.78 is 19.7. The Labute approximate surface area is 169 Å². The van der Waals surface area contributed by atoms with Gasteiger partial charge in [0.15, 0.2) is 0 Å². The first-order valence-corrected chi connectivity index (χ1v) is 9.78. The third-order valence-corrected chi connectivity index (χ3v) is 5.30. The molecule has 1 heterocycles. The van der Waals surface area contributed by atoms with E-state index in [0.29, 0.717) is 18.6 Å². The van der Waals surface area contributed by atoms with Gasteiger partial charge in [0.1, 0.15) is 18.2 Å². The molecule has 5 heteroatoms. The lowest BCUT2D eigenvalue weighted by Gasteiger charge is -2.15. The van der Waals surface area contributed by atoms with Crippen molar-refractivity contribution < 1.29 is 13.9 Å². The van der Waals surface area contributed by atoms with Crippen molar-refractivity contribution in [1.82, 2.24) is 10.3 Å². The lowest BCUT2D eigenvalue weighted by Crippen LogP contribution is -2.28. The second-order valence-electron chi connectivity index (χ2n) is 7.42. The van der Waals surface area contributed by atoms with Crippen molar-refractivity contribution in [3.05, 3.63) is 95.6 Å². The summed E-state index contributed by atoms with van der Waals surface area (Å²) in [6, 6.07) is 18.1. The second-order valence-corrected chi connectivity index (χ2v) is 7.42. The predicted octanol–water partition coefficient (Wildman–Crippen LogP) is 4.78. The summed E-state index contributed by atoms with van der Waals surface area (Å²) in [5.74, 6) is 0.325. The van der Waals surface area contributed by atoms with Gasteiger partial charge in [0.2, 0.25) is 5.91 Å².